The molecular weight excluding hydrogens is 334 g/mol. The number of carbonyl (C=O) groups excluding carboxylic acids is 1. The van der Waals surface area contributed by atoms with Gasteiger partial charge >= 0.3 is 0 Å². The number of amides is 1. The number of benzene rings is 3. The van der Waals surface area contributed by atoms with Gasteiger partial charge in [-0.05, 0) is 41.3 Å². The Labute approximate surface area is 159 Å². The predicted molar refractivity (Wildman–Crippen MR) is 110 cm³/mol. The first kappa shape index (κ1) is 17.3. The fourth-order valence-electron chi connectivity index (χ4n) is 3.66. The maximum absolute atomic E-state index is 12.6. The molecule has 0 aliphatic rings. The summed E-state index contributed by atoms with van der Waals surface area (Å²) in [6, 6.07) is 20.6. The summed E-state index contributed by atoms with van der Waals surface area (Å²) in [7, 11) is 0. The van der Waals surface area contributed by atoms with E-state index in [-0.39, 0.29) is 11.9 Å². The number of hydrogen-bond donors (Lipinski definition) is 1. The molecule has 3 nitrogen and oxygen atoms in total. The first-order valence-electron chi connectivity index (χ1n) is 9.41. The minimum Gasteiger partial charge on any atom is -0.464 e. The van der Waals surface area contributed by atoms with E-state index in [0.29, 0.717) is 6.42 Å². The maximum Gasteiger partial charge on any atom is 0.225 e. The van der Waals surface area contributed by atoms with E-state index in [1.807, 2.05) is 25.1 Å². The van der Waals surface area contributed by atoms with Gasteiger partial charge in [0.1, 0.15) is 5.58 Å². The fraction of sp³-hybridized carbons (Fsp3) is 0.208. The molecule has 0 saturated carbocycles. The summed E-state index contributed by atoms with van der Waals surface area (Å²) in [6.07, 6.45) is 2.98. The Hall–Kier alpha value is -3.07. The van der Waals surface area contributed by atoms with Crippen LogP contribution in [0.4, 0.5) is 0 Å². The van der Waals surface area contributed by atoms with Gasteiger partial charge in [0.25, 0.3) is 0 Å². The molecule has 1 N–H and O–H groups in total. The summed E-state index contributed by atoms with van der Waals surface area (Å²) >= 11 is 0. The molecule has 1 amide bonds. The quantitative estimate of drug-likeness (QED) is 0.507. The normalized spacial score (nSPS) is 12.4. The van der Waals surface area contributed by atoms with Crippen LogP contribution in [0.25, 0.3) is 21.7 Å². The molecule has 0 radical (unpaired) electrons. The second-order valence-electron chi connectivity index (χ2n) is 6.98. The van der Waals surface area contributed by atoms with Gasteiger partial charge in [-0.25, -0.2) is 0 Å². The summed E-state index contributed by atoms with van der Waals surface area (Å²) in [5.41, 5.74) is 4.14. The minimum absolute atomic E-state index is 0.00213. The highest BCUT2D eigenvalue weighted by atomic mass is 16.3. The van der Waals surface area contributed by atoms with Gasteiger partial charge in [-0.1, -0.05) is 61.5 Å². The van der Waals surface area contributed by atoms with Crippen molar-refractivity contribution in [1.29, 1.82) is 0 Å². The van der Waals surface area contributed by atoms with Crippen molar-refractivity contribution in [3.05, 3.63) is 83.6 Å². The van der Waals surface area contributed by atoms with Crippen LogP contribution in [-0.4, -0.2) is 5.91 Å². The van der Waals surface area contributed by atoms with Gasteiger partial charge in [0.2, 0.25) is 5.91 Å². The number of aryl methyl sites for hydroxylation is 1. The van der Waals surface area contributed by atoms with E-state index in [1.165, 1.54) is 16.3 Å². The summed E-state index contributed by atoms with van der Waals surface area (Å²) in [5, 5.41) is 6.51. The van der Waals surface area contributed by atoms with Crippen LogP contribution in [-0.2, 0) is 17.6 Å². The Morgan fingerprint density at radius 3 is 2.70 bits per heavy atom. The van der Waals surface area contributed by atoms with Crippen LogP contribution in [0.5, 0.6) is 0 Å². The average Bonchev–Trinajstić information content (AvgIpc) is 3.09. The molecule has 3 heteroatoms. The zero-order chi connectivity index (χ0) is 18.8. The Balaban J connectivity index is 1.52. The van der Waals surface area contributed by atoms with E-state index in [9.17, 15) is 4.79 Å². The molecule has 0 aliphatic heterocycles. The van der Waals surface area contributed by atoms with Gasteiger partial charge < -0.3 is 9.73 Å². The highest BCUT2D eigenvalue weighted by Crippen LogP contribution is 2.25. The molecule has 27 heavy (non-hydrogen) atoms. The van der Waals surface area contributed by atoms with Crippen LogP contribution in [0.1, 0.15) is 36.6 Å². The third-order valence-corrected chi connectivity index (χ3v) is 5.15. The molecular formula is C24H23NO2. The Morgan fingerprint density at radius 1 is 1.04 bits per heavy atom. The average molecular weight is 357 g/mol. The van der Waals surface area contributed by atoms with Crippen molar-refractivity contribution < 1.29 is 9.21 Å². The summed E-state index contributed by atoms with van der Waals surface area (Å²) in [5.74, 6) is -0.00213. The number of fused-ring (bicyclic) bond motifs is 2. The molecule has 0 aliphatic carbocycles. The Kier molecular flexibility index (Phi) is 4.68. The summed E-state index contributed by atoms with van der Waals surface area (Å²) < 4.78 is 5.66. The third-order valence-electron chi connectivity index (χ3n) is 5.15. The zero-order valence-corrected chi connectivity index (χ0v) is 15.7. The molecule has 1 aromatic heterocycles. The van der Waals surface area contributed by atoms with Crippen molar-refractivity contribution in [2.75, 3.05) is 0 Å². The van der Waals surface area contributed by atoms with Crippen LogP contribution in [0.2, 0.25) is 0 Å². The van der Waals surface area contributed by atoms with E-state index in [2.05, 4.69) is 54.7 Å². The lowest BCUT2D eigenvalue weighted by Gasteiger charge is -2.16. The lowest BCUT2D eigenvalue weighted by Crippen LogP contribution is -2.28. The summed E-state index contributed by atoms with van der Waals surface area (Å²) in [4.78, 5) is 12.6. The number of nitrogens with one attached hydrogen (secondary N) is 1. The number of hydrogen-bond acceptors (Lipinski definition) is 2. The molecule has 1 atom stereocenters. The van der Waals surface area contributed by atoms with Crippen molar-refractivity contribution in [2.45, 2.75) is 32.7 Å². The van der Waals surface area contributed by atoms with E-state index >= 15 is 0 Å². The highest BCUT2D eigenvalue weighted by Gasteiger charge is 2.15. The molecule has 0 fully saturated rings. The molecule has 136 valence electrons. The maximum atomic E-state index is 12.6. The van der Waals surface area contributed by atoms with Crippen molar-refractivity contribution >= 4 is 27.6 Å². The molecule has 4 rings (SSSR count). The Bertz CT molecular complexity index is 1100. The standard InChI is InChI=1S/C24H23NO2/c1-3-17-11-12-22-19(15-27-23(22)13-17)14-24(26)25-16(2)20-10-6-8-18-7-4-5-9-21(18)20/h4-13,15-16H,3,14H2,1-2H3,(H,25,26). The van der Waals surface area contributed by atoms with Gasteiger partial charge in [-0.3, -0.25) is 4.79 Å². The van der Waals surface area contributed by atoms with E-state index in [1.54, 1.807) is 6.26 Å². The van der Waals surface area contributed by atoms with Crippen LogP contribution >= 0.6 is 0 Å². The topological polar surface area (TPSA) is 42.2 Å². The Morgan fingerprint density at radius 2 is 1.85 bits per heavy atom. The third kappa shape index (κ3) is 3.45. The molecule has 1 unspecified atom stereocenters. The van der Waals surface area contributed by atoms with E-state index < -0.39 is 0 Å². The monoisotopic (exact) mass is 357 g/mol. The zero-order valence-electron chi connectivity index (χ0n) is 15.7. The minimum atomic E-state index is -0.0616. The lowest BCUT2D eigenvalue weighted by molar-refractivity contribution is -0.121. The molecule has 0 bridgehead atoms. The van der Waals surface area contributed by atoms with Gasteiger partial charge in [0.15, 0.2) is 0 Å². The van der Waals surface area contributed by atoms with Gasteiger partial charge in [0, 0.05) is 10.9 Å². The second-order valence-corrected chi connectivity index (χ2v) is 6.98. The van der Waals surface area contributed by atoms with Crippen molar-refractivity contribution in [3.8, 4) is 0 Å². The second kappa shape index (κ2) is 7.28. The first-order chi connectivity index (χ1) is 13.2. The summed E-state index contributed by atoms with van der Waals surface area (Å²) in [6.45, 7) is 4.15. The van der Waals surface area contributed by atoms with E-state index in [0.717, 1.165) is 28.5 Å². The first-order valence-corrected chi connectivity index (χ1v) is 9.41. The predicted octanol–water partition coefficient (Wildman–Crippen LogP) is 5.57. The fourth-order valence-corrected chi connectivity index (χ4v) is 3.66. The van der Waals surface area contributed by atoms with Crippen LogP contribution in [0.15, 0.2) is 71.3 Å². The van der Waals surface area contributed by atoms with Gasteiger partial charge in [-0.2, -0.15) is 0 Å². The highest BCUT2D eigenvalue weighted by molar-refractivity contribution is 5.89. The smallest absolute Gasteiger partial charge is 0.225 e. The molecule has 0 spiro atoms. The van der Waals surface area contributed by atoms with Crippen molar-refractivity contribution in [1.82, 2.24) is 5.32 Å². The van der Waals surface area contributed by atoms with Crippen LogP contribution in [0, 0.1) is 0 Å². The van der Waals surface area contributed by atoms with Gasteiger partial charge in [0.05, 0.1) is 18.7 Å². The largest absolute Gasteiger partial charge is 0.464 e. The molecule has 3 aromatic carbocycles. The lowest BCUT2D eigenvalue weighted by atomic mass is 9.99. The van der Waals surface area contributed by atoms with E-state index in [4.69, 9.17) is 4.42 Å². The van der Waals surface area contributed by atoms with Gasteiger partial charge in [-0.15, -0.1) is 0 Å². The SMILES string of the molecule is CCc1ccc2c(CC(=O)NC(C)c3cccc4ccccc34)coc2c1. The van der Waals surface area contributed by atoms with Crippen molar-refractivity contribution in [3.63, 3.8) is 0 Å². The number of carbonyl (C=O) groups is 1. The van der Waals surface area contributed by atoms with Crippen LogP contribution in [0.3, 0.4) is 0 Å². The number of furan rings is 1. The van der Waals surface area contributed by atoms with Crippen molar-refractivity contribution in [2.24, 2.45) is 0 Å². The number of rotatable bonds is 5. The van der Waals surface area contributed by atoms with Crippen LogP contribution < -0.4 is 5.32 Å². The molecule has 0 saturated heterocycles. The molecule has 1 heterocycles. The molecule has 4 aromatic rings.